The Bertz CT molecular complexity index is 1430. The molecule has 0 radical (unpaired) electrons. The van der Waals surface area contributed by atoms with Crippen LogP contribution in [-0.2, 0) is 33.5 Å². The zero-order chi connectivity index (χ0) is 23.3. The highest BCUT2D eigenvalue weighted by molar-refractivity contribution is 7.99. The highest BCUT2D eigenvalue weighted by Crippen LogP contribution is 2.36. The van der Waals surface area contributed by atoms with E-state index in [1.165, 1.54) is 19.0 Å². The summed E-state index contributed by atoms with van der Waals surface area (Å²) in [7, 11) is 2.71. The maximum absolute atomic E-state index is 13.3. The van der Waals surface area contributed by atoms with Crippen LogP contribution in [0, 0.1) is 5.92 Å². The first-order valence-corrected chi connectivity index (χ1v) is 12.2. The lowest BCUT2D eigenvalue weighted by Gasteiger charge is -2.17. The normalized spacial score (nSPS) is 15.8. The fraction of sp³-hybridized carbons (Fsp3) is 0.476. The topological polar surface area (TPSA) is 122 Å². The van der Waals surface area contributed by atoms with Crippen molar-refractivity contribution in [2.24, 2.45) is 20.0 Å². The van der Waals surface area contributed by atoms with E-state index in [0.29, 0.717) is 27.8 Å². The van der Waals surface area contributed by atoms with E-state index in [2.05, 4.69) is 6.92 Å². The minimum absolute atomic E-state index is 0.0861. The van der Waals surface area contributed by atoms with Gasteiger partial charge in [-0.15, -0.1) is 11.3 Å². The van der Waals surface area contributed by atoms with Gasteiger partial charge in [0.1, 0.15) is 16.2 Å². The maximum Gasteiger partial charge on any atom is 0.332 e. The molecule has 0 saturated carbocycles. The third kappa shape index (κ3) is 3.53. The summed E-state index contributed by atoms with van der Waals surface area (Å²) in [5.74, 6) is -0.220. The van der Waals surface area contributed by atoms with Gasteiger partial charge >= 0.3 is 5.69 Å². The van der Waals surface area contributed by atoms with Crippen LogP contribution in [0.15, 0.2) is 19.5 Å². The molecule has 170 valence electrons. The molecule has 9 nitrogen and oxygen atoms in total. The number of nitrogens with zero attached hydrogens (tertiary/aromatic N) is 4. The number of nitrogens with two attached hydrogens (primary N) is 1. The van der Waals surface area contributed by atoms with Gasteiger partial charge < -0.3 is 5.73 Å². The van der Waals surface area contributed by atoms with Crippen molar-refractivity contribution in [1.82, 2.24) is 18.7 Å². The lowest BCUT2D eigenvalue weighted by Crippen LogP contribution is -2.41. The number of thiophene rings is 1. The summed E-state index contributed by atoms with van der Waals surface area (Å²) in [6.07, 6.45) is 2.90. The summed E-state index contributed by atoms with van der Waals surface area (Å²) in [5, 5.41) is 1.14. The average Bonchev–Trinajstić information content (AvgIpc) is 3.12. The van der Waals surface area contributed by atoms with Crippen LogP contribution in [0.1, 0.15) is 41.1 Å². The van der Waals surface area contributed by atoms with Crippen LogP contribution in [0.5, 0.6) is 0 Å². The highest BCUT2D eigenvalue weighted by Gasteiger charge is 2.25. The molecule has 3 aromatic heterocycles. The molecule has 11 heteroatoms. The fourth-order valence-electron chi connectivity index (χ4n) is 4.12. The molecule has 0 aromatic carbocycles. The Hall–Kier alpha value is -2.66. The number of nitrogen functional groups attached to an aromatic ring is 1. The molecule has 4 rings (SSSR count). The molecule has 0 saturated heterocycles. The summed E-state index contributed by atoms with van der Waals surface area (Å²) >= 11 is 2.66. The van der Waals surface area contributed by atoms with Gasteiger partial charge in [-0.05, 0) is 37.7 Å². The summed E-state index contributed by atoms with van der Waals surface area (Å²) in [6, 6.07) is 0. The van der Waals surface area contributed by atoms with E-state index >= 15 is 0 Å². The van der Waals surface area contributed by atoms with Crippen LogP contribution in [0.3, 0.4) is 0 Å². The van der Waals surface area contributed by atoms with Crippen LogP contribution >= 0.6 is 23.1 Å². The van der Waals surface area contributed by atoms with Crippen molar-refractivity contribution in [3.63, 3.8) is 0 Å². The molecule has 2 N–H and O–H groups in total. The van der Waals surface area contributed by atoms with Crippen LogP contribution < -0.4 is 22.5 Å². The fourth-order valence-corrected chi connectivity index (χ4v) is 6.48. The van der Waals surface area contributed by atoms with Crippen molar-refractivity contribution >= 4 is 44.9 Å². The standard InChI is InChI=1S/C21H25N5O4S2/c1-5-26-19(29)14-11-7-6-10(2)8-13(11)32-17(14)23-20(26)31-9-12(27)15-16(22)24(3)21(30)25(4)18(15)28/h10H,5-9,22H2,1-4H3. The molecule has 3 heterocycles. The number of fused-ring (bicyclic) bond motifs is 3. The van der Waals surface area contributed by atoms with Gasteiger partial charge in [0, 0.05) is 25.5 Å². The van der Waals surface area contributed by atoms with Gasteiger partial charge in [-0.1, -0.05) is 18.7 Å². The molecule has 0 bridgehead atoms. The molecule has 1 aliphatic rings. The van der Waals surface area contributed by atoms with Crippen molar-refractivity contribution < 1.29 is 4.79 Å². The summed E-state index contributed by atoms with van der Waals surface area (Å²) < 4.78 is 3.51. The number of hydrogen-bond donors (Lipinski definition) is 1. The van der Waals surface area contributed by atoms with Crippen molar-refractivity contribution in [1.29, 1.82) is 0 Å². The highest BCUT2D eigenvalue weighted by atomic mass is 32.2. The van der Waals surface area contributed by atoms with E-state index in [1.807, 2.05) is 6.92 Å². The number of ketones is 1. The Kier molecular flexibility index (Phi) is 5.89. The molecule has 0 spiro atoms. The van der Waals surface area contributed by atoms with Crippen LogP contribution in [-0.4, -0.2) is 30.2 Å². The third-order valence-corrected chi connectivity index (χ3v) is 8.14. The molecule has 0 aliphatic heterocycles. The number of anilines is 1. The lowest BCUT2D eigenvalue weighted by atomic mass is 9.89. The van der Waals surface area contributed by atoms with E-state index in [0.717, 1.165) is 45.7 Å². The zero-order valence-electron chi connectivity index (χ0n) is 18.4. The molecule has 0 fully saturated rings. The van der Waals surface area contributed by atoms with Crippen LogP contribution in [0.25, 0.3) is 10.2 Å². The first-order chi connectivity index (χ1) is 15.1. The summed E-state index contributed by atoms with van der Waals surface area (Å²) in [6.45, 7) is 4.50. The van der Waals surface area contributed by atoms with E-state index in [9.17, 15) is 19.2 Å². The van der Waals surface area contributed by atoms with E-state index in [4.69, 9.17) is 10.7 Å². The Balaban J connectivity index is 1.72. The number of carbonyl (C=O) groups is 1. The monoisotopic (exact) mass is 475 g/mol. The van der Waals surface area contributed by atoms with Gasteiger partial charge in [0.05, 0.1) is 11.1 Å². The van der Waals surface area contributed by atoms with Crippen LogP contribution in [0.2, 0.25) is 0 Å². The third-order valence-electron chi connectivity index (χ3n) is 6.02. The van der Waals surface area contributed by atoms with Gasteiger partial charge in [-0.2, -0.15) is 0 Å². The zero-order valence-corrected chi connectivity index (χ0v) is 20.1. The number of carbonyl (C=O) groups excluding carboxylic acids is 1. The largest absolute Gasteiger partial charge is 0.384 e. The minimum Gasteiger partial charge on any atom is -0.384 e. The number of rotatable bonds is 5. The Morgan fingerprint density at radius 2 is 1.94 bits per heavy atom. The quantitative estimate of drug-likeness (QED) is 0.337. The van der Waals surface area contributed by atoms with Gasteiger partial charge in [-0.3, -0.25) is 28.1 Å². The Morgan fingerprint density at radius 3 is 2.62 bits per heavy atom. The second kappa shape index (κ2) is 8.36. The summed E-state index contributed by atoms with van der Waals surface area (Å²) in [5.41, 5.74) is 5.38. The molecule has 1 aliphatic carbocycles. The van der Waals surface area contributed by atoms with E-state index < -0.39 is 17.0 Å². The smallest absolute Gasteiger partial charge is 0.332 e. The molecule has 32 heavy (non-hydrogen) atoms. The van der Waals surface area contributed by atoms with E-state index in [-0.39, 0.29) is 22.7 Å². The van der Waals surface area contributed by atoms with Crippen molar-refractivity contribution in [2.75, 3.05) is 11.5 Å². The number of aromatic nitrogens is 4. The first-order valence-electron chi connectivity index (χ1n) is 10.4. The second-order valence-corrected chi connectivity index (χ2v) is 10.2. The summed E-state index contributed by atoms with van der Waals surface area (Å²) in [4.78, 5) is 57.3. The number of aryl methyl sites for hydroxylation is 1. The molecule has 1 unspecified atom stereocenters. The van der Waals surface area contributed by atoms with Crippen molar-refractivity contribution in [3.8, 4) is 0 Å². The maximum atomic E-state index is 13.3. The predicted octanol–water partition coefficient (Wildman–Crippen LogP) is 1.56. The number of hydrogen-bond acceptors (Lipinski definition) is 8. The Morgan fingerprint density at radius 1 is 1.22 bits per heavy atom. The van der Waals surface area contributed by atoms with E-state index in [1.54, 1.807) is 15.9 Å². The molecular formula is C21H25N5O4S2. The van der Waals surface area contributed by atoms with Crippen molar-refractivity contribution in [2.45, 2.75) is 44.8 Å². The first kappa shape index (κ1) is 22.5. The average molecular weight is 476 g/mol. The van der Waals surface area contributed by atoms with Gasteiger partial charge in [0.2, 0.25) is 0 Å². The number of Topliss-reactive ketones (excluding diaryl/α,β-unsaturated/α-hetero) is 1. The van der Waals surface area contributed by atoms with Gasteiger partial charge in [0.15, 0.2) is 10.9 Å². The Labute approximate surface area is 191 Å². The SMILES string of the molecule is CCn1c(SCC(=O)c2c(N)n(C)c(=O)n(C)c2=O)nc2sc3c(c2c1=O)CCC(C)C3. The molecule has 0 amide bonds. The van der Waals surface area contributed by atoms with Gasteiger partial charge in [-0.25, -0.2) is 9.78 Å². The van der Waals surface area contributed by atoms with Crippen LogP contribution in [0.4, 0.5) is 5.82 Å². The van der Waals surface area contributed by atoms with Crippen molar-refractivity contribution in [3.05, 3.63) is 47.2 Å². The molecular weight excluding hydrogens is 450 g/mol. The second-order valence-electron chi connectivity index (χ2n) is 8.15. The van der Waals surface area contributed by atoms with Gasteiger partial charge in [0.25, 0.3) is 11.1 Å². The number of thioether (sulfide) groups is 1. The molecule has 3 aromatic rings. The molecule has 1 atom stereocenters. The minimum atomic E-state index is -0.729. The lowest BCUT2D eigenvalue weighted by molar-refractivity contribution is 0.102. The predicted molar refractivity (Wildman–Crippen MR) is 127 cm³/mol.